The molecule has 2 unspecified atom stereocenters. The first-order valence-corrected chi connectivity index (χ1v) is 10.1. The number of hydrogen-bond acceptors (Lipinski definition) is 4. The number of rotatable bonds is 11. The molecule has 6 nitrogen and oxygen atoms in total. The highest BCUT2D eigenvalue weighted by molar-refractivity contribution is 5.89. The largest absolute Gasteiger partial charge is 0.390 e. The predicted octanol–water partition coefficient (Wildman–Crippen LogP) is 1.75. The summed E-state index contributed by atoms with van der Waals surface area (Å²) < 4.78 is 26.9. The zero-order chi connectivity index (χ0) is 21.6. The van der Waals surface area contributed by atoms with Gasteiger partial charge in [0.25, 0.3) is 0 Å². The van der Waals surface area contributed by atoms with E-state index in [0.717, 1.165) is 12.5 Å². The molecule has 1 aliphatic rings. The molecule has 1 saturated carbocycles. The minimum atomic E-state index is -1.03. The van der Waals surface area contributed by atoms with Crippen molar-refractivity contribution in [3.8, 4) is 0 Å². The molecule has 0 aliphatic heterocycles. The van der Waals surface area contributed by atoms with Gasteiger partial charge in [-0.25, -0.2) is 8.78 Å². The highest BCUT2D eigenvalue weighted by atomic mass is 19.1. The van der Waals surface area contributed by atoms with Gasteiger partial charge >= 0.3 is 0 Å². The van der Waals surface area contributed by atoms with Gasteiger partial charge in [-0.05, 0) is 50.3 Å². The Hall–Kier alpha value is -2.06. The number of benzene rings is 1. The Kier molecular flexibility index (Phi) is 8.10. The first-order valence-electron chi connectivity index (χ1n) is 10.1. The van der Waals surface area contributed by atoms with Crippen molar-refractivity contribution in [2.75, 3.05) is 19.6 Å². The number of hydrogen-bond donors (Lipinski definition) is 3. The number of carbonyl (C=O) groups is 2. The Morgan fingerprint density at radius 1 is 1.21 bits per heavy atom. The van der Waals surface area contributed by atoms with Gasteiger partial charge in [-0.1, -0.05) is 6.92 Å². The molecular formula is C21H31F2N3O3. The molecule has 1 aromatic rings. The van der Waals surface area contributed by atoms with Gasteiger partial charge < -0.3 is 20.6 Å². The monoisotopic (exact) mass is 411 g/mol. The van der Waals surface area contributed by atoms with Crippen LogP contribution in [0.3, 0.4) is 0 Å². The quantitative estimate of drug-likeness (QED) is 0.518. The standard InChI is InChI=1S/C21H31F2N3O3/c1-4-8-26(5-2)20(29)21(6-7-21)24-13-19(28)18(25-14(3)27)11-15-9-16(22)12-17(23)10-15/h9-10,12,18-19,24,28H,4-8,11,13H2,1-3H3,(H,25,27). The van der Waals surface area contributed by atoms with Gasteiger partial charge in [-0.3, -0.25) is 9.59 Å². The fraction of sp³-hybridized carbons (Fsp3) is 0.619. The van der Waals surface area contributed by atoms with E-state index in [2.05, 4.69) is 10.6 Å². The SMILES string of the molecule is CCCN(CC)C(=O)C1(NCC(O)C(Cc2cc(F)cc(F)c2)NC(C)=O)CC1. The normalized spacial score (nSPS) is 16.8. The van der Waals surface area contributed by atoms with Gasteiger partial charge in [0.05, 0.1) is 17.7 Å². The van der Waals surface area contributed by atoms with Crippen LogP contribution in [-0.4, -0.2) is 59.1 Å². The molecule has 0 spiro atoms. The van der Waals surface area contributed by atoms with Crippen LogP contribution >= 0.6 is 0 Å². The van der Waals surface area contributed by atoms with Crippen molar-refractivity contribution >= 4 is 11.8 Å². The Balaban J connectivity index is 2.03. The Morgan fingerprint density at radius 2 is 1.83 bits per heavy atom. The second-order valence-electron chi connectivity index (χ2n) is 7.70. The molecule has 2 amide bonds. The van der Waals surface area contributed by atoms with E-state index < -0.39 is 29.3 Å². The number of aliphatic hydroxyl groups is 1. The van der Waals surface area contributed by atoms with Crippen LogP contribution in [0, 0.1) is 11.6 Å². The molecule has 1 aromatic carbocycles. The molecule has 29 heavy (non-hydrogen) atoms. The van der Waals surface area contributed by atoms with Crippen molar-refractivity contribution in [2.24, 2.45) is 0 Å². The van der Waals surface area contributed by atoms with Gasteiger partial charge in [0.15, 0.2) is 0 Å². The lowest BCUT2D eigenvalue weighted by molar-refractivity contribution is -0.134. The minimum absolute atomic E-state index is 0.0253. The van der Waals surface area contributed by atoms with Crippen LogP contribution in [0.25, 0.3) is 0 Å². The number of amides is 2. The van der Waals surface area contributed by atoms with E-state index in [-0.39, 0.29) is 24.8 Å². The van der Waals surface area contributed by atoms with E-state index in [1.165, 1.54) is 19.1 Å². The van der Waals surface area contributed by atoms with Crippen molar-refractivity contribution < 1.29 is 23.5 Å². The second kappa shape index (κ2) is 10.1. The van der Waals surface area contributed by atoms with Gasteiger partial charge in [0.2, 0.25) is 11.8 Å². The second-order valence-corrected chi connectivity index (χ2v) is 7.70. The molecule has 0 saturated heterocycles. The number of β-amino-alcohol motifs (C(OH)–C–C–N with tert-alkyl or cyclic N) is 1. The molecular weight excluding hydrogens is 380 g/mol. The lowest BCUT2D eigenvalue weighted by Gasteiger charge is -2.29. The van der Waals surface area contributed by atoms with Gasteiger partial charge in [0.1, 0.15) is 11.6 Å². The Morgan fingerprint density at radius 3 is 2.31 bits per heavy atom. The summed E-state index contributed by atoms with van der Waals surface area (Å²) in [5.74, 6) is -1.76. The van der Waals surface area contributed by atoms with E-state index in [0.29, 0.717) is 31.5 Å². The Labute approximate surface area is 170 Å². The lowest BCUT2D eigenvalue weighted by atomic mass is 10.00. The first-order chi connectivity index (χ1) is 13.7. The highest BCUT2D eigenvalue weighted by Crippen LogP contribution is 2.37. The molecule has 2 atom stereocenters. The summed E-state index contributed by atoms with van der Waals surface area (Å²) in [6.07, 6.45) is 1.29. The predicted molar refractivity (Wildman–Crippen MR) is 106 cm³/mol. The number of aliphatic hydroxyl groups excluding tert-OH is 1. The van der Waals surface area contributed by atoms with Gasteiger partial charge in [0, 0.05) is 32.6 Å². The van der Waals surface area contributed by atoms with Gasteiger partial charge in [-0.15, -0.1) is 0 Å². The lowest BCUT2D eigenvalue weighted by Crippen LogP contribution is -2.54. The van der Waals surface area contributed by atoms with Crippen LogP contribution in [0.2, 0.25) is 0 Å². The van der Waals surface area contributed by atoms with Crippen molar-refractivity contribution in [1.82, 2.24) is 15.5 Å². The molecule has 1 aliphatic carbocycles. The molecule has 1 fully saturated rings. The van der Waals surface area contributed by atoms with E-state index in [4.69, 9.17) is 0 Å². The third kappa shape index (κ3) is 6.47. The van der Waals surface area contributed by atoms with E-state index in [1.807, 2.05) is 13.8 Å². The van der Waals surface area contributed by atoms with Crippen LogP contribution in [0.1, 0.15) is 45.6 Å². The maximum Gasteiger partial charge on any atom is 0.242 e. The number of halogens is 2. The van der Waals surface area contributed by atoms with E-state index >= 15 is 0 Å². The van der Waals surface area contributed by atoms with Crippen molar-refractivity contribution in [3.63, 3.8) is 0 Å². The molecule has 0 radical (unpaired) electrons. The topological polar surface area (TPSA) is 81.7 Å². The average Bonchev–Trinajstić information content (AvgIpc) is 3.43. The summed E-state index contributed by atoms with van der Waals surface area (Å²) in [5, 5.41) is 16.4. The van der Waals surface area contributed by atoms with E-state index in [1.54, 1.807) is 4.90 Å². The smallest absolute Gasteiger partial charge is 0.242 e. The summed E-state index contributed by atoms with van der Waals surface area (Å²) in [5.41, 5.74) is -0.338. The molecule has 2 rings (SSSR count). The molecule has 8 heteroatoms. The fourth-order valence-corrected chi connectivity index (χ4v) is 3.54. The molecule has 162 valence electrons. The Bertz CT molecular complexity index is 705. The van der Waals surface area contributed by atoms with Crippen LogP contribution in [0.4, 0.5) is 8.78 Å². The summed E-state index contributed by atoms with van der Waals surface area (Å²) in [4.78, 5) is 26.2. The first kappa shape index (κ1) is 23.2. The van der Waals surface area contributed by atoms with Crippen LogP contribution < -0.4 is 10.6 Å². The number of carbonyl (C=O) groups excluding carboxylic acids is 2. The van der Waals surface area contributed by atoms with E-state index in [9.17, 15) is 23.5 Å². The van der Waals surface area contributed by atoms with Crippen LogP contribution in [0.15, 0.2) is 18.2 Å². The fourth-order valence-electron chi connectivity index (χ4n) is 3.54. The minimum Gasteiger partial charge on any atom is -0.390 e. The van der Waals surface area contributed by atoms with Crippen molar-refractivity contribution in [1.29, 1.82) is 0 Å². The van der Waals surface area contributed by atoms with Crippen LogP contribution in [0.5, 0.6) is 0 Å². The highest BCUT2D eigenvalue weighted by Gasteiger charge is 2.51. The van der Waals surface area contributed by atoms with Crippen LogP contribution in [-0.2, 0) is 16.0 Å². The molecule has 3 N–H and O–H groups in total. The zero-order valence-corrected chi connectivity index (χ0v) is 17.3. The summed E-state index contributed by atoms with van der Waals surface area (Å²) in [7, 11) is 0. The van der Waals surface area contributed by atoms with Crippen molar-refractivity contribution in [2.45, 2.75) is 64.1 Å². The van der Waals surface area contributed by atoms with Gasteiger partial charge in [-0.2, -0.15) is 0 Å². The third-order valence-corrected chi connectivity index (χ3v) is 5.20. The average molecular weight is 411 g/mol. The summed E-state index contributed by atoms with van der Waals surface area (Å²) in [6.45, 7) is 6.65. The number of likely N-dealkylation sites (N-methyl/N-ethyl adjacent to an activating group) is 1. The summed E-state index contributed by atoms with van der Waals surface area (Å²) in [6, 6.07) is 2.37. The summed E-state index contributed by atoms with van der Waals surface area (Å²) >= 11 is 0. The maximum atomic E-state index is 13.5. The third-order valence-electron chi connectivity index (χ3n) is 5.20. The molecule has 0 aromatic heterocycles. The van der Waals surface area contributed by atoms with Crippen molar-refractivity contribution in [3.05, 3.63) is 35.4 Å². The zero-order valence-electron chi connectivity index (χ0n) is 17.3. The number of nitrogens with zero attached hydrogens (tertiary/aromatic N) is 1. The molecule has 0 bridgehead atoms. The number of nitrogens with one attached hydrogen (secondary N) is 2. The molecule has 0 heterocycles. The maximum absolute atomic E-state index is 13.5.